The van der Waals surface area contributed by atoms with Gasteiger partial charge in [-0.15, -0.1) is 11.3 Å². The smallest absolute Gasteiger partial charge is 0.291 e. The topological polar surface area (TPSA) is 88.6 Å². The minimum Gasteiger partial charge on any atom is -0.444 e. The van der Waals surface area contributed by atoms with Crippen molar-refractivity contribution in [1.82, 2.24) is 14.7 Å². The average molecular weight is 459 g/mol. The van der Waals surface area contributed by atoms with Gasteiger partial charge in [0.2, 0.25) is 5.91 Å². The van der Waals surface area contributed by atoms with E-state index in [1.54, 1.807) is 47.7 Å². The highest BCUT2D eigenvalue weighted by atomic mass is 79.9. The second kappa shape index (κ2) is 7.99. The van der Waals surface area contributed by atoms with E-state index in [0.717, 1.165) is 16.2 Å². The highest BCUT2D eigenvalue weighted by Gasteiger charge is 2.11. The number of imidazole rings is 1. The summed E-state index contributed by atoms with van der Waals surface area (Å²) in [6, 6.07) is 10.4. The zero-order chi connectivity index (χ0) is 19.5. The summed E-state index contributed by atoms with van der Waals surface area (Å²) >= 11 is 4.71. The van der Waals surface area contributed by atoms with Gasteiger partial charge in [0.25, 0.3) is 5.91 Å². The number of amides is 2. The number of carbonyl (C=O) groups is 2. The van der Waals surface area contributed by atoms with E-state index in [1.165, 1.54) is 0 Å². The zero-order valence-electron chi connectivity index (χ0n) is 14.5. The van der Waals surface area contributed by atoms with E-state index in [2.05, 4.69) is 31.5 Å². The van der Waals surface area contributed by atoms with Crippen LogP contribution in [0.15, 0.2) is 63.3 Å². The Morgan fingerprint density at radius 2 is 2.00 bits per heavy atom. The number of rotatable bonds is 6. The first-order valence-corrected chi connectivity index (χ1v) is 10.1. The van der Waals surface area contributed by atoms with Crippen LogP contribution in [0.4, 0.5) is 5.69 Å². The third kappa shape index (κ3) is 4.32. The first-order chi connectivity index (χ1) is 13.6. The molecule has 0 spiro atoms. The van der Waals surface area contributed by atoms with Gasteiger partial charge in [-0.3, -0.25) is 14.0 Å². The number of anilines is 1. The average Bonchev–Trinajstić information content (AvgIpc) is 3.37. The van der Waals surface area contributed by atoms with E-state index >= 15 is 0 Å². The van der Waals surface area contributed by atoms with Gasteiger partial charge in [0.1, 0.15) is 0 Å². The first kappa shape index (κ1) is 18.5. The van der Waals surface area contributed by atoms with Crippen molar-refractivity contribution < 1.29 is 14.0 Å². The van der Waals surface area contributed by atoms with E-state index in [1.807, 2.05) is 22.2 Å². The quantitative estimate of drug-likeness (QED) is 0.458. The standard InChI is InChI=1S/C19H15BrN4O3S/c20-16-6-5-15(27-16)18(26)22-13-3-1-12(2-4-13)9-17(25)21-10-14-11-24-7-8-28-19(24)23-14/h1-8,11H,9-10H2,(H,21,25)(H,22,26). The lowest BCUT2D eigenvalue weighted by molar-refractivity contribution is -0.120. The van der Waals surface area contributed by atoms with Crippen molar-refractivity contribution in [2.75, 3.05) is 5.32 Å². The Labute approximate surface area is 172 Å². The molecule has 1 aromatic carbocycles. The number of thiazole rings is 1. The summed E-state index contributed by atoms with van der Waals surface area (Å²) in [7, 11) is 0. The molecule has 0 bridgehead atoms. The Morgan fingerprint density at radius 3 is 2.71 bits per heavy atom. The largest absolute Gasteiger partial charge is 0.444 e. The lowest BCUT2D eigenvalue weighted by Gasteiger charge is -2.06. The van der Waals surface area contributed by atoms with Crippen molar-refractivity contribution in [2.45, 2.75) is 13.0 Å². The summed E-state index contributed by atoms with van der Waals surface area (Å²) in [6.07, 6.45) is 4.09. The van der Waals surface area contributed by atoms with Gasteiger partial charge in [-0.25, -0.2) is 4.98 Å². The third-order valence-electron chi connectivity index (χ3n) is 3.98. The third-order valence-corrected chi connectivity index (χ3v) is 5.18. The highest BCUT2D eigenvalue weighted by molar-refractivity contribution is 9.10. The summed E-state index contributed by atoms with van der Waals surface area (Å²) in [4.78, 5) is 29.6. The minimum absolute atomic E-state index is 0.0893. The van der Waals surface area contributed by atoms with Gasteiger partial charge in [0.15, 0.2) is 15.4 Å². The number of aromatic nitrogens is 2. The van der Waals surface area contributed by atoms with Crippen molar-refractivity contribution in [1.29, 1.82) is 0 Å². The molecular formula is C19H15BrN4O3S. The second-order valence-corrected chi connectivity index (χ2v) is 7.69. The van der Waals surface area contributed by atoms with Gasteiger partial charge in [-0.2, -0.15) is 0 Å². The molecule has 9 heteroatoms. The fraction of sp³-hybridized carbons (Fsp3) is 0.105. The molecule has 0 fully saturated rings. The van der Waals surface area contributed by atoms with Crippen LogP contribution in [0.25, 0.3) is 4.96 Å². The van der Waals surface area contributed by atoms with Crippen LogP contribution < -0.4 is 10.6 Å². The van der Waals surface area contributed by atoms with Crippen LogP contribution in [0, 0.1) is 0 Å². The van der Waals surface area contributed by atoms with Crippen LogP contribution in [0.3, 0.4) is 0 Å². The molecule has 4 rings (SSSR count). The van der Waals surface area contributed by atoms with E-state index in [9.17, 15) is 9.59 Å². The molecule has 0 saturated heterocycles. The molecule has 0 unspecified atom stereocenters. The van der Waals surface area contributed by atoms with Crippen molar-refractivity contribution >= 4 is 49.7 Å². The molecule has 0 aliphatic heterocycles. The number of halogens is 1. The second-order valence-electron chi connectivity index (χ2n) is 6.03. The fourth-order valence-electron chi connectivity index (χ4n) is 2.63. The molecule has 2 N–H and O–H groups in total. The molecular weight excluding hydrogens is 444 g/mol. The molecule has 0 saturated carbocycles. The summed E-state index contributed by atoms with van der Waals surface area (Å²) in [5.74, 6) is -0.209. The van der Waals surface area contributed by atoms with E-state index < -0.39 is 0 Å². The summed E-state index contributed by atoms with van der Waals surface area (Å²) in [6.45, 7) is 0.389. The Kier molecular flexibility index (Phi) is 5.27. The maximum atomic E-state index is 12.2. The van der Waals surface area contributed by atoms with Gasteiger partial charge in [-0.1, -0.05) is 12.1 Å². The maximum Gasteiger partial charge on any atom is 0.291 e. The van der Waals surface area contributed by atoms with Gasteiger partial charge >= 0.3 is 0 Å². The molecule has 142 valence electrons. The predicted molar refractivity (Wildman–Crippen MR) is 109 cm³/mol. The minimum atomic E-state index is -0.337. The molecule has 7 nitrogen and oxygen atoms in total. The van der Waals surface area contributed by atoms with Crippen LogP contribution in [0.2, 0.25) is 0 Å². The number of nitrogens with one attached hydrogen (secondary N) is 2. The van der Waals surface area contributed by atoms with Crippen LogP contribution in [0.5, 0.6) is 0 Å². The number of fused-ring (bicyclic) bond motifs is 1. The van der Waals surface area contributed by atoms with E-state index in [4.69, 9.17) is 4.42 Å². The molecule has 3 heterocycles. The molecule has 0 atom stereocenters. The normalized spacial score (nSPS) is 10.9. The van der Waals surface area contributed by atoms with E-state index in [-0.39, 0.29) is 24.0 Å². The Balaban J connectivity index is 1.29. The van der Waals surface area contributed by atoms with Crippen molar-refractivity contribution in [3.8, 4) is 0 Å². The number of hydrogen-bond donors (Lipinski definition) is 2. The number of nitrogens with zero attached hydrogens (tertiary/aromatic N) is 2. The van der Waals surface area contributed by atoms with Crippen molar-refractivity contribution in [3.63, 3.8) is 0 Å². The lowest BCUT2D eigenvalue weighted by atomic mass is 10.1. The fourth-order valence-corrected chi connectivity index (χ4v) is 3.66. The van der Waals surface area contributed by atoms with Gasteiger partial charge in [0, 0.05) is 23.5 Å². The monoisotopic (exact) mass is 458 g/mol. The Hall–Kier alpha value is -2.91. The molecule has 2 amide bonds. The predicted octanol–water partition coefficient (Wildman–Crippen LogP) is 3.86. The summed E-state index contributed by atoms with van der Waals surface area (Å²) in [5, 5.41) is 7.58. The summed E-state index contributed by atoms with van der Waals surface area (Å²) in [5.41, 5.74) is 2.30. The number of hydrogen-bond acceptors (Lipinski definition) is 5. The SMILES string of the molecule is O=C(Cc1ccc(NC(=O)c2ccc(Br)o2)cc1)NCc1cn2ccsc2n1. The van der Waals surface area contributed by atoms with Gasteiger partial charge < -0.3 is 15.1 Å². The van der Waals surface area contributed by atoms with Gasteiger partial charge in [0.05, 0.1) is 18.7 Å². The number of benzene rings is 1. The van der Waals surface area contributed by atoms with Crippen LogP contribution in [-0.2, 0) is 17.8 Å². The maximum absolute atomic E-state index is 12.2. The van der Waals surface area contributed by atoms with Crippen LogP contribution >= 0.6 is 27.3 Å². The first-order valence-electron chi connectivity index (χ1n) is 8.40. The molecule has 3 aromatic heterocycles. The van der Waals surface area contributed by atoms with Crippen LogP contribution in [-0.4, -0.2) is 21.2 Å². The molecule has 0 aliphatic rings. The lowest BCUT2D eigenvalue weighted by Crippen LogP contribution is -2.24. The molecule has 0 radical (unpaired) electrons. The van der Waals surface area contributed by atoms with Crippen molar-refractivity contribution in [3.05, 3.63) is 75.9 Å². The number of carbonyl (C=O) groups excluding carboxylic acids is 2. The molecule has 4 aromatic rings. The van der Waals surface area contributed by atoms with E-state index in [0.29, 0.717) is 16.9 Å². The van der Waals surface area contributed by atoms with Crippen molar-refractivity contribution in [2.24, 2.45) is 0 Å². The van der Waals surface area contributed by atoms with Crippen LogP contribution in [0.1, 0.15) is 21.8 Å². The zero-order valence-corrected chi connectivity index (χ0v) is 16.9. The number of furan rings is 1. The Morgan fingerprint density at radius 1 is 1.18 bits per heavy atom. The Bertz CT molecular complexity index is 1100. The van der Waals surface area contributed by atoms with Gasteiger partial charge in [-0.05, 0) is 45.8 Å². The summed E-state index contributed by atoms with van der Waals surface area (Å²) < 4.78 is 7.64. The molecule has 0 aliphatic carbocycles. The molecule has 28 heavy (non-hydrogen) atoms. The highest BCUT2D eigenvalue weighted by Crippen LogP contribution is 2.17.